The Labute approximate surface area is 163 Å². The highest BCUT2D eigenvalue weighted by Gasteiger charge is 2.30. The van der Waals surface area contributed by atoms with Gasteiger partial charge in [-0.2, -0.15) is 5.10 Å². The van der Waals surface area contributed by atoms with E-state index in [-0.39, 0.29) is 11.8 Å². The van der Waals surface area contributed by atoms with Crippen molar-refractivity contribution >= 4 is 17.5 Å². The first-order chi connectivity index (χ1) is 13.6. The van der Waals surface area contributed by atoms with E-state index in [1.54, 1.807) is 18.3 Å². The van der Waals surface area contributed by atoms with Crippen LogP contribution in [-0.4, -0.2) is 40.5 Å². The smallest absolute Gasteiger partial charge is 0.289 e. The lowest BCUT2D eigenvalue weighted by Gasteiger charge is -2.25. The van der Waals surface area contributed by atoms with Crippen LogP contribution in [0, 0.1) is 6.92 Å². The molecule has 0 atom stereocenters. The van der Waals surface area contributed by atoms with Gasteiger partial charge < -0.3 is 9.32 Å². The quantitative estimate of drug-likeness (QED) is 0.829. The molecule has 1 saturated heterocycles. The Balaban J connectivity index is 1.58. The Bertz CT molecular complexity index is 911. The van der Waals surface area contributed by atoms with Gasteiger partial charge in [-0.15, -0.1) is 0 Å². The van der Waals surface area contributed by atoms with Crippen molar-refractivity contribution in [3.8, 4) is 0 Å². The Morgan fingerprint density at radius 1 is 1.18 bits per heavy atom. The molecule has 0 bridgehead atoms. The Kier molecular flexibility index (Phi) is 5.23. The van der Waals surface area contributed by atoms with E-state index < -0.39 is 0 Å². The van der Waals surface area contributed by atoms with Gasteiger partial charge in [0.15, 0.2) is 5.76 Å². The van der Waals surface area contributed by atoms with Crippen LogP contribution >= 0.6 is 0 Å². The fourth-order valence-electron chi connectivity index (χ4n) is 3.90. The number of pyridine rings is 1. The van der Waals surface area contributed by atoms with E-state index in [2.05, 4.69) is 15.5 Å². The lowest BCUT2D eigenvalue weighted by Crippen LogP contribution is -2.35. The molecule has 0 radical (unpaired) electrons. The third kappa shape index (κ3) is 3.56. The molecule has 3 heterocycles. The first-order valence-electron chi connectivity index (χ1n) is 9.84. The molecule has 7 heteroatoms. The maximum atomic E-state index is 12.9. The standard InChI is InChI=1S/C21H24N4O3/c1-14-18-16(23-24-20(26)15-7-6-10-22-13-15)8-5-9-17(18)28-19(14)21(27)25-11-3-2-4-12-25/h6-7,10,13H,2-5,8-9,11-12H2,1H3,(H,24,26)/b23-16+. The zero-order valence-corrected chi connectivity index (χ0v) is 16.0. The van der Waals surface area contributed by atoms with Crippen molar-refractivity contribution in [3.05, 3.63) is 52.7 Å². The minimum Gasteiger partial charge on any atom is -0.455 e. The predicted molar refractivity (Wildman–Crippen MR) is 104 cm³/mol. The van der Waals surface area contributed by atoms with Crippen LogP contribution in [0.2, 0.25) is 0 Å². The van der Waals surface area contributed by atoms with Gasteiger partial charge in [-0.1, -0.05) is 0 Å². The second kappa shape index (κ2) is 7.96. The van der Waals surface area contributed by atoms with Crippen molar-refractivity contribution in [2.45, 2.75) is 45.4 Å². The third-order valence-corrected chi connectivity index (χ3v) is 5.38. The summed E-state index contributed by atoms with van der Waals surface area (Å²) in [4.78, 5) is 31.0. The molecule has 0 spiro atoms. The van der Waals surface area contributed by atoms with Gasteiger partial charge in [-0.05, 0) is 51.2 Å². The molecule has 7 nitrogen and oxygen atoms in total. The monoisotopic (exact) mass is 380 g/mol. The van der Waals surface area contributed by atoms with Crippen molar-refractivity contribution in [1.82, 2.24) is 15.3 Å². The van der Waals surface area contributed by atoms with Crippen LogP contribution in [0.4, 0.5) is 0 Å². The zero-order chi connectivity index (χ0) is 19.5. The highest BCUT2D eigenvalue weighted by Crippen LogP contribution is 2.31. The van der Waals surface area contributed by atoms with E-state index in [1.807, 2.05) is 11.8 Å². The number of carbonyl (C=O) groups is 2. The molecular weight excluding hydrogens is 356 g/mol. The van der Waals surface area contributed by atoms with Gasteiger partial charge in [-0.3, -0.25) is 14.6 Å². The number of rotatable bonds is 3. The molecule has 1 aliphatic heterocycles. The Morgan fingerprint density at radius 3 is 2.75 bits per heavy atom. The summed E-state index contributed by atoms with van der Waals surface area (Å²) in [5, 5.41) is 4.35. The van der Waals surface area contributed by atoms with E-state index in [0.29, 0.717) is 11.3 Å². The highest BCUT2D eigenvalue weighted by atomic mass is 16.4. The number of likely N-dealkylation sites (tertiary alicyclic amines) is 1. The van der Waals surface area contributed by atoms with Gasteiger partial charge in [0.1, 0.15) is 5.76 Å². The van der Waals surface area contributed by atoms with Crippen molar-refractivity contribution in [2.75, 3.05) is 13.1 Å². The largest absolute Gasteiger partial charge is 0.455 e. The minimum absolute atomic E-state index is 0.0367. The summed E-state index contributed by atoms with van der Waals surface area (Å²) in [6.45, 7) is 3.47. The van der Waals surface area contributed by atoms with E-state index in [9.17, 15) is 9.59 Å². The van der Waals surface area contributed by atoms with Gasteiger partial charge >= 0.3 is 0 Å². The first kappa shape index (κ1) is 18.4. The number of aromatic nitrogens is 1. The second-order valence-corrected chi connectivity index (χ2v) is 7.30. The van der Waals surface area contributed by atoms with Crippen LogP contribution in [-0.2, 0) is 6.42 Å². The number of piperidine rings is 1. The summed E-state index contributed by atoms with van der Waals surface area (Å²) in [6, 6.07) is 3.40. The summed E-state index contributed by atoms with van der Waals surface area (Å²) in [5.74, 6) is 0.863. The Hall–Kier alpha value is -2.96. The molecule has 28 heavy (non-hydrogen) atoms. The third-order valence-electron chi connectivity index (χ3n) is 5.38. The van der Waals surface area contributed by atoms with Gasteiger partial charge in [0.25, 0.3) is 11.8 Å². The number of nitrogens with zero attached hydrogens (tertiary/aromatic N) is 3. The summed E-state index contributed by atoms with van der Waals surface area (Å²) < 4.78 is 5.98. The molecule has 146 valence electrons. The minimum atomic E-state index is -0.307. The van der Waals surface area contributed by atoms with Crippen molar-refractivity contribution in [1.29, 1.82) is 0 Å². The van der Waals surface area contributed by atoms with E-state index in [1.165, 1.54) is 12.6 Å². The first-order valence-corrected chi connectivity index (χ1v) is 9.84. The molecule has 2 aromatic rings. The number of carbonyl (C=O) groups excluding carboxylic acids is 2. The number of hydrazone groups is 1. The Morgan fingerprint density at radius 2 is 2.00 bits per heavy atom. The highest BCUT2D eigenvalue weighted by molar-refractivity contribution is 6.07. The van der Waals surface area contributed by atoms with Gasteiger partial charge in [0.05, 0.1) is 11.3 Å². The van der Waals surface area contributed by atoms with Crippen LogP contribution in [0.3, 0.4) is 0 Å². The number of amides is 2. The van der Waals surface area contributed by atoms with Gasteiger partial charge in [0.2, 0.25) is 0 Å². The lowest BCUT2D eigenvalue weighted by atomic mass is 9.93. The van der Waals surface area contributed by atoms with Crippen LogP contribution in [0.15, 0.2) is 34.0 Å². The van der Waals surface area contributed by atoms with E-state index in [0.717, 1.165) is 67.8 Å². The summed E-state index contributed by atoms with van der Waals surface area (Å²) in [5.41, 5.74) is 5.52. The fourth-order valence-corrected chi connectivity index (χ4v) is 3.90. The number of fused-ring (bicyclic) bond motifs is 1. The molecule has 2 aromatic heterocycles. The zero-order valence-electron chi connectivity index (χ0n) is 16.0. The van der Waals surface area contributed by atoms with E-state index in [4.69, 9.17) is 4.42 Å². The van der Waals surface area contributed by atoms with E-state index >= 15 is 0 Å². The molecule has 0 aromatic carbocycles. The van der Waals surface area contributed by atoms with Crippen LogP contribution in [0.5, 0.6) is 0 Å². The molecule has 4 rings (SSSR count). The van der Waals surface area contributed by atoms with Crippen LogP contribution in [0.1, 0.15) is 69.9 Å². The number of hydrogen-bond donors (Lipinski definition) is 1. The average Bonchev–Trinajstić information content (AvgIpc) is 3.10. The number of aryl methyl sites for hydroxylation is 1. The number of nitrogens with one attached hydrogen (secondary N) is 1. The summed E-state index contributed by atoms with van der Waals surface area (Å²) in [7, 11) is 0. The van der Waals surface area contributed by atoms with Crippen LogP contribution < -0.4 is 5.43 Å². The average molecular weight is 380 g/mol. The topological polar surface area (TPSA) is 87.8 Å². The number of hydrogen-bond acceptors (Lipinski definition) is 5. The summed E-state index contributed by atoms with van der Waals surface area (Å²) >= 11 is 0. The maximum absolute atomic E-state index is 12.9. The molecule has 0 saturated carbocycles. The molecule has 1 aliphatic carbocycles. The number of furan rings is 1. The lowest BCUT2D eigenvalue weighted by molar-refractivity contribution is 0.0689. The fraction of sp³-hybridized carbons (Fsp3) is 0.429. The van der Waals surface area contributed by atoms with Crippen molar-refractivity contribution in [3.63, 3.8) is 0 Å². The van der Waals surface area contributed by atoms with Crippen molar-refractivity contribution in [2.24, 2.45) is 5.10 Å². The van der Waals surface area contributed by atoms with Gasteiger partial charge in [0, 0.05) is 43.0 Å². The molecule has 1 fully saturated rings. The van der Waals surface area contributed by atoms with Crippen molar-refractivity contribution < 1.29 is 14.0 Å². The molecular formula is C21H24N4O3. The maximum Gasteiger partial charge on any atom is 0.289 e. The normalized spacial score (nSPS) is 18.0. The molecule has 1 N–H and O–H groups in total. The van der Waals surface area contributed by atoms with Gasteiger partial charge in [-0.25, -0.2) is 5.43 Å². The molecule has 2 amide bonds. The molecule has 2 aliphatic rings. The predicted octanol–water partition coefficient (Wildman–Crippen LogP) is 3.08. The van der Waals surface area contributed by atoms with Crippen LogP contribution in [0.25, 0.3) is 0 Å². The SMILES string of the molecule is Cc1c(C(=O)N2CCCCC2)oc2c1/C(=N/NC(=O)c1cccnc1)CCC2. The summed E-state index contributed by atoms with van der Waals surface area (Å²) in [6.07, 6.45) is 8.75. The second-order valence-electron chi connectivity index (χ2n) is 7.30. The molecule has 0 unspecified atom stereocenters.